The predicted octanol–water partition coefficient (Wildman–Crippen LogP) is 4.58. The molecular weight excluding hydrogens is 270 g/mol. The third-order valence-electron chi connectivity index (χ3n) is 2.86. The monoisotopic (exact) mass is 285 g/mol. The van der Waals surface area contributed by atoms with E-state index >= 15 is 0 Å². The topological polar surface area (TPSA) is 12.9 Å². The van der Waals surface area contributed by atoms with Crippen LogP contribution < -0.4 is 0 Å². The Morgan fingerprint density at radius 1 is 1.33 bits per heavy atom. The van der Waals surface area contributed by atoms with Crippen LogP contribution in [0.25, 0.3) is 0 Å². The second kappa shape index (κ2) is 5.35. The molecule has 0 aromatic carbocycles. The molecule has 1 aliphatic carbocycles. The van der Waals surface area contributed by atoms with Gasteiger partial charge in [0, 0.05) is 15.9 Å². The van der Waals surface area contributed by atoms with Crippen molar-refractivity contribution >= 4 is 27.7 Å². The number of rotatable bonds is 2. The largest absolute Gasteiger partial charge is 0.249 e. The Labute approximate surface area is 104 Å². The highest BCUT2D eigenvalue weighted by Gasteiger charge is 2.15. The molecule has 0 unspecified atom stereocenters. The fraction of sp³-hybridized carbons (Fsp3) is 0.583. The lowest BCUT2D eigenvalue weighted by molar-refractivity contribution is 0.515. The summed E-state index contributed by atoms with van der Waals surface area (Å²) in [7, 11) is 0. The Kier molecular flexibility index (Phi) is 4.09. The number of halogens is 1. The lowest BCUT2D eigenvalue weighted by Gasteiger charge is -2.20. The quantitative estimate of drug-likeness (QED) is 0.789. The molecule has 0 amide bonds. The van der Waals surface area contributed by atoms with Crippen molar-refractivity contribution in [2.45, 2.75) is 49.3 Å². The normalized spacial score (nSPS) is 18.0. The van der Waals surface area contributed by atoms with E-state index in [9.17, 15) is 0 Å². The minimum absolute atomic E-state index is 0.798. The van der Waals surface area contributed by atoms with E-state index in [2.05, 4.69) is 33.9 Å². The molecule has 0 spiro atoms. The predicted molar refractivity (Wildman–Crippen MR) is 69.4 cm³/mol. The fourth-order valence-electron chi connectivity index (χ4n) is 1.93. The summed E-state index contributed by atoms with van der Waals surface area (Å²) in [4.78, 5) is 4.45. The van der Waals surface area contributed by atoms with E-state index in [4.69, 9.17) is 0 Å². The number of pyridine rings is 1. The van der Waals surface area contributed by atoms with E-state index in [0.717, 1.165) is 9.72 Å². The summed E-state index contributed by atoms with van der Waals surface area (Å²) >= 11 is 5.44. The lowest BCUT2D eigenvalue weighted by atomic mass is 10.0. The first kappa shape index (κ1) is 11.5. The van der Waals surface area contributed by atoms with Gasteiger partial charge in [-0.3, -0.25) is 0 Å². The first-order chi connectivity index (χ1) is 7.25. The van der Waals surface area contributed by atoms with Gasteiger partial charge in [-0.2, -0.15) is 0 Å². The zero-order chi connectivity index (χ0) is 10.7. The summed E-state index contributed by atoms with van der Waals surface area (Å²) in [5, 5.41) is 1.98. The van der Waals surface area contributed by atoms with E-state index in [1.54, 1.807) is 0 Å². The third-order valence-corrected chi connectivity index (χ3v) is 4.96. The van der Waals surface area contributed by atoms with Gasteiger partial charge in [-0.05, 0) is 47.3 Å². The molecule has 0 bridgehead atoms. The molecule has 2 rings (SSSR count). The zero-order valence-electron chi connectivity index (χ0n) is 9.00. The molecule has 1 aliphatic rings. The highest BCUT2D eigenvalue weighted by molar-refractivity contribution is 9.10. The van der Waals surface area contributed by atoms with Gasteiger partial charge in [0.05, 0.1) is 5.03 Å². The van der Waals surface area contributed by atoms with Gasteiger partial charge in [0.1, 0.15) is 0 Å². The van der Waals surface area contributed by atoms with Gasteiger partial charge in [-0.15, -0.1) is 11.8 Å². The smallest absolute Gasteiger partial charge is 0.0966 e. The molecule has 1 aromatic rings. The number of nitrogens with zero attached hydrogens (tertiary/aromatic N) is 1. The van der Waals surface area contributed by atoms with Crippen molar-refractivity contribution in [3.63, 3.8) is 0 Å². The van der Waals surface area contributed by atoms with Crippen molar-refractivity contribution in [2.75, 3.05) is 0 Å². The maximum atomic E-state index is 4.45. The Balaban J connectivity index is 2.00. The van der Waals surface area contributed by atoms with Crippen LogP contribution in [0, 0.1) is 6.92 Å². The maximum absolute atomic E-state index is 4.45. The van der Waals surface area contributed by atoms with Crippen LogP contribution in [0.5, 0.6) is 0 Å². The number of aromatic nitrogens is 1. The Morgan fingerprint density at radius 2 is 2.07 bits per heavy atom. The Bertz CT molecular complexity index is 334. The lowest BCUT2D eigenvalue weighted by Crippen LogP contribution is -2.08. The van der Waals surface area contributed by atoms with E-state index in [0.29, 0.717) is 0 Å². The van der Waals surface area contributed by atoms with Crippen LogP contribution >= 0.6 is 27.7 Å². The molecule has 15 heavy (non-hydrogen) atoms. The van der Waals surface area contributed by atoms with Gasteiger partial charge in [0.2, 0.25) is 0 Å². The number of hydrogen-bond donors (Lipinski definition) is 0. The van der Waals surface area contributed by atoms with Gasteiger partial charge >= 0.3 is 0 Å². The minimum atomic E-state index is 0.798. The maximum Gasteiger partial charge on any atom is 0.0966 e. The summed E-state index contributed by atoms with van der Waals surface area (Å²) in [6.07, 6.45) is 8.85. The number of aryl methyl sites for hydroxylation is 1. The van der Waals surface area contributed by atoms with Gasteiger partial charge in [0.15, 0.2) is 0 Å². The highest BCUT2D eigenvalue weighted by atomic mass is 79.9. The number of hydrogen-bond acceptors (Lipinski definition) is 2. The molecule has 1 nitrogen and oxygen atoms in total. The van der Waals surface area contributed by atoms with Crippen LogP contribution in [-0.4, -0.2) is 10.2 Å². The molecule has 0 N–H and O–H groups in total. The molecule has 1 saturated carbocycles. The van der Waals surface area contributed by atoms with Crippen molar-refractivity contribution in [2.24, 2.45) is 0 Å². The molecule has 1 heterocycles. The second-order valence-corrected chi connectivity index (χ2v) is 6.32. The Morgan fingerprint density at radius 3 is 2.73 bits per heavy atom. The van der Waals surface area contributed by atoms with E-state index < -0.39 is 0 Å². The second-order valence-electron chi connectivity index (χ2n) is 4.15. The SMILES string of the molecule is Cc1cc(SC2CCCCC2)ncc1Br. The summed E-state index contributed by atoms with van der Waals surface area (Å²) < 4.78 is 1.11. The summed E-state index contributed by atoms with van der Waals surface area (Å²) in [6.45, 7) is 2.12. The molecule has 82 valence electrons. The van der Waals surface area contributed by atoms with Crippen LogP contribution in [0.4, 0.5) is 0 Å². The standard InChI is InChI=1S/C12H16BrNS/c1-9-7-12(14-8-11(9)13)15-10-5-3-2-4-6-10/h7-8,10H,2-6H2,1H3. The van der Waals surface area contributed by atoms with E-state index in [1.165, 1.54) is 42.7 Å². The molecule has 0 radical (unpaired) electrons. The fourth-order valence-corrected chi connectivity index (χ4v) is 3.42. The average molecular weight is 286 g/mol. The van der Waals surface area contributed by atoms with Crippen LogP contribution in [-0.2, 0) is 0 Å². The summed E-state index contributed by atoms with van der Waals surface area (Å²) in [5.74, 6) is 0. The van der Waals surface area contributed by atoms with Gasteiger partial charge in [-0.25, -0.2) is 4.98 Å². The van der Waals surface area contributed by atoms with E-state index in [1.807, 2.05) is 18.0 Å². The van der Waals surface area contributed by atoms with Crippen LogP contribution in [0.3, 0.4) is 0 Å². The molecule has 1 aromatic heterocycles. The third kappa shape index (κ3) is 3.22. The minimum Gasteiger partial charge on any atom is -0.249 e. The van der Waals surface area contributed by atoms with Crippen molar-refractivity contribution in [1.29, 1.82) is 0 Å². The van der Waals surface area contributed by atoms with Crippen molar-refractivity contribution in [3.05, 3.63) is 22.3 Å². The molecule has 0 aliphatic heterocycles. The first-order valence-corrected chi connectivity index (χ1v) is 7.22. The molecule has 0 saturated heterocycles. The van der Waals surface area contributed by atoms with Gasteiger partial charge < -0.3 is 0 Å². The summed E-state index contributed by atoms with van der Waals surface area (Å²) in [5.41, 5.74) is 1.28. The molecule has 0 atom stereocenters. The molecular formula is C12H16BrNS. The summed E-state index contributed by atoms with van der Waals surface area (Å²) in [6, 6.07) is 2.18. The van der Waals surface area contributed by atoms with Crippen LogP contribution in [0.15, 0.2) is 21.8 Å². The van der Waals surface area contributed by atoms with Crippen molar-refractivity contribution in [3.8, 4) is 0 Å². The van der Waals surface area contributed by atoms with E-state index in [-0.39, 0.29) is 0 Å². The highest BCUT2D eigenvalue weighted by Crippen LogP contribution is 2.33. The van der Waals surface area contributed by atoms with Gasteiger partial charge in [-0.1, -0.05) is 19.3 Å². The molecule has 3 heteroatoms. The average Bonchev–Trinajstić information content (AvgIpc) is 2.25. The zero-order valence-corrected chi connectivity index (χ0v) is 11.4. The van der Waals surface area contributed by atoms with Gasteiger partial charge in [0.25, 0.3) is 0 Å². The first-order valence-electron chi connectivity index (χ1n) is 5.54. The van der Waals surface area contributed by atoms with Crippen LogP contribution in [0.2, 0.25) is 0 Å². The number of thioether (sulfide) groups is 1. The van der Waals surface area contributed by atoms with Crippen LogP contribution in [0.1, 0.15) is 37.7 Å². The Hall–Kier alpha value is -0.0200. The van der Waals surface area contributed by atoms with Crippen molar-refractivity contribution < 1.29 is 0 Å². The molecule has 1 fully saturated rings. The van der Waals surface area contributed by atoms with Crippen molar-refractivity contribution in [1.82, 2.24) is 4.98 Å².